The van der Waals surface area contributed by atoms with Crippen molar-refractivity contribution in [2.45, 2.75) is 43.1 Å². The number of rotatable bonds is 4. The molecule has 0 heterocycles. The van der Waals surface area contributed by atoms with Gasteiger partial charge in [0.1, 0.15) is 0 Å². The molecular formula is C10H7F11O3. The highest BCUT2D eigenvalue weighted by Gasteiger charge is 2.87. The van der Waals surface area contributed by atoms with Crippen LogP contribution in [-0.2, 0) is 9.53 Å². The van der Waals surface area contributed by atoms with Crippen LogP contribution in [0.2, 0.25) is 0 Å². The van der Waals surface area contributed by atoms with Gasteiger partial charge in [0, 0.05) is 5.57 Å². The Morgan fingerprint density at radius 2 is 1.25 bits per heavy atom. The van der Waals surface area contributed by atoms with Crippen LogP contribution in [0, 0.1) is 0 Å². The molecule has 0 aliphatic carbocycles. The molecule has 0 spiro atoms. The molecule has 1 N–H and O–H groups in total. The maximum Gasteiger partial charge on any atom is 0.432 e. The maximum absolute atomic E-state index is 13.5. The number of esters is 1. The van der Waals surface area contributed by atoms with Gasteiger partial charge in [-0.05, 0) is 6.92 Å². The fraction of sp³-hybridized carbons (Fsp3) is 0.700. The van der Waals surface area contributed by atoms with Crippen molar-refractivity contribution in [3.05, 3.63) is 12.2 Å². The van der Waals surface area contributed by atoms with Gasteiger partial charge in [0.25, 0.3) is 6.10 Å². The summed E-state index contributed by atoms with van der Waals surface area (Å²) in [5.41, 5.74) is -8.16. The molecule has 0 fully saturated rings. The summed E-state index contributed by atoms with van der Waals surface area (Å²) in [6.45, 7) is 3.23. The van der Waals surface area contributed by atoms with E-state index < -0.39 is 47.7 Å². The Morgan fingerprint density at radius 1 is 0.917 bits per heavy atom. The van der Waals surface area contributed by atoms with E-state index >= 15 is 0 Å². The molecule has 0 saturated heterocycles. The van der Waals surface area contributed by atoms with Gasteiger partial charge in [-0.3, -0.25) is 0 Å². The maximum atomic E-state index is 13.5. The van der Waals surface area contributed by atoms with Crippen LogP contribution in [0.5, 0.6) is 0 Å². The summed E-state index contributed by atoms with van der Waals surface area (Å²) in [7, 11) is 0. The van der Waals surface area contributed by atoms with E-state index in [1.807, 2.05) is 0 Å². The normalized spacial score (nSPS) is 15.9. The summed E-state index contributed by atoms with van der Waals surface area (Å²) in [6.07, 6.45) is -26.4. The number of hydrogen-bond acceptors (Lipinski definition) is 3. The lowest BCUT2D eigenvalue weighted by molar-refractivity contribution is -0.445. The van der Waals surface area contributed by atoms with Crippen molar-refractivity contribution in [1.29, 1.82) is 0 Å². The third kappa shape index (κ3) is 3.72. The average Bonchev–Trinajstić information content (AvgIpc) is 2.29. The molecule has 0 amide bonds. The van der Waals surface area contributed by atoms with Crippen LogP contribution in [0.4, 0.5) is 48.3 Å². The second kappa shape index (κ2) is 6.04. The monoisotopic (exact) mass is 384 g/mol. The van der Waals surface area contributed by atoms with Crippen molar-refractivity contribution in [2.24, 2.45) is 0 Å². The van der Waals surface area contributed by atoms with Crippen LogP contribution in [0.1, 0.15) is 6.92 Å². The van der Waals surface area contributed by atoms with Crippen LogP contribution < -0.4 is 0 Å². The molecule has 0 saturated carbocycles. The summed E-state index contributed by atoms with van der Waals surface area (Å²) in [4.78, 5) is 10.9. The van der Waals surface area contributed by atoms with Crippen molar-refractivity contribution in [1.82, 2.24) is 0 Å². The Bertz CT molecular complexity index is 486. The van der Waals surface area contributed by atoms with Crippen LogP contribution in [-0.4, -0.2) is 47.2 Å². The standard InChI is InChI=1S/C10H7F11O3/c1-3(2)4(22)24-5(7(13,14)15)6(11,12)8(23,9(16,17)18)10(19,20)21/h5,23H,1H2,2H3. The van der Waals surface area contributed by atoms with E-state index in [9.17, 15) is 53.1 Å². The first kappa shape index (κ1) is 22.4. The van der Waals surface area contributed by atoms with E-state index in [1.54, 1.807) is 0 Å². The molecule has 0 bridgehead atoms. The molecule has 24 heavy (non-hydrogen) atoms. The Morgan fingerprint density at radius 3 is 1.46 bits per heavy atom. The number of hydrogen-bond donors (Lipinski definition) is 1. The van der Waals surface area contributed by atoms with Crippen molar-refractivity contribution < 1.29 is 62.9 Å². The fourth-order valence-electron chi connectivity index (χ4n) is 1.28. The molecule has 0 aliphatic heterocycles. The van der Waals surface area contributed by atoms with E-state index in [4.69, 9.17) is 5.11 Å². The zero-order valence-corrected chi connectivity index (χ0v) is 11.2. The van der Waals surface area contributed by atoms with Gasteiger partial charge in [-0.2, -0.15) is 48.3 Å². The minimum Gasteiger partial charge on any atom is -0.443 e. The van der Waals surface area contributed by atoms with Crippen LogP contribution in [0.3, 0.4) is 0 Å². The Hall–Kier alpha value is -1.60. The number of halogens is 11. The first-order chi connectivity index (χ1) is 10.2. The summed E-state index contributed by atoms with van der Waals surface area (Å²) in [6, 6.07) is 0. The molecule has 0 aromatic heterocycles. The molecule has 142 valence electrons. The van der Waals surface area contributed by atoms with Crippen molar-refractivity contribution >= 4 is 5.97 Å². The summed E-state index contributed by atoms with van der Waals surface area (Å²) < 4.78 is 142. The van der Waals surface area contributed by atoms with Crippen molar-refractivity contribution in [2.75, 3.05) is 0 Å². The van der Waals surface area contributed by atoms with E-state index in [0.29, 0.717) is 6.92 Å². The minimum atomic E-state index is -7.28. The number of ether oxygens (including phenoxy) is 1. The van der Waals surface area contributed by atoms with E-state index in [0.717, 1.165) is 0 Å². The third-order valence-corrected chi connectivity index (χ3v) is 2.50. The number of carbonyl (C=O) groups is 1. The lowest BCUT2D eigenvalue weighted by atomic mass is 9.89. The van der Waals surface area contributed by atoms with E-state index in [1.165, 1.54) is 0 Å². The summed E-state index contributed by atoms with van der Waals surface area (Å²) in [5.74, 6) is -9.41. The first-order valence-electron chi connectivity index (χ1n) is 5.38. The van der Waals surface area contributed by atoms with Gasteiger partial charge in [0.15, 0.2) is 0 Å². The van der Waals surface area contributed by atoms with Crippen molar-refractivity contribution in [3.8, 4) is 0 Å². The van der Waals surface area contributed by atoms with Crippen LogP contribution in [0.25, 0.3) is 0 Å². The molecule has 14 heteroatoms. The topological polar surface area (TPSA) is 46.5 Å². The average molecular weight is 384 g/mol. The SMILES string of the molecule is C=C(C)C(=O)OC(C(F)(F)F)C(F)(F)C(O)(C(F)(F)F)C(F)(F)F. The highest BCUT2D eigenvalue weighted by atomic mass is 19.4. The Balaban J connectivity index is 6.43. The molecule has 0 aromatic rings. The zero-order chi connectivity index (χ0) is 19.9. The first-order valence-corrected chi connectivity index (χ1v) is 5.38. The van der Waals surface area contributed by atoms with Crippen molar-refractivity contribution in [3.63, 3.8) is 0 Å². The zero-order valence-electron chi connectivity index (χ0n) is 11.2. The molecule has 0 aliphatic rings. The predicted molar refractivity (Wildman–Crippen MR) is 52.8 cm³/mol. The molecule has 0 rings (SSSR count). The number of carbonyl (C=O) groups excluding carboxylic acids is 1. The fourth-order valence-corrected chi connectivity index (χ4v) is 1.28. The van der Waals surface area contributed by atoms with Gasteiger partial charge in [-0.15, -0.1) is 0 Å². The molecule has 1 atom stereocenters. The molecule has 1 unspecified atom stereocenters. The van der Waals surface area contributed by atoms with E-state index in [2.05, 4.69) is 11.3 Å². The predicted octanol–water partition coefficient (Wildman–Crippen LogP) is 3.53. The van der Waals surface area contributed by atoms with Gasteiger partial charge >= 0.3 is 36.0 Å². The Kier molecular flexibility index (Phi) is 5.64. The molecular weight excluding hydrogens is 377 g/mol. The highest BCUT2D eigenvalue weighted by Crippen LogP contribution is 2.55. The van der Waals surface area contributed by atoms with Gasteiger partial charge < -0.3 is 9.84 Å². The second-order valence-corrected chi connectivity index (χ2v) is 4.44. The largest absolute Gasteiger partial charge is 0.443 e. The Labute approximate surface area is 125 Å². The quantitative estimate of drug-likeness (QED) is 0.459. The van der Waals surface area contributed by atoms with Gasteiger partial charge in [0.2, 0.25) is 0 Å². The number of aliphatic hydroxyl groups is 1. The van der Waals surface area contributed by atoms with Gasteiger partial charge in [-0.1, -0.05) is 6.58 Å². The summed E-state index contributed by atoms with van der Waals surface area (Å²) in [5, 5.41) is 8.48. The van der Waals surface area contributed by atoms with Gasteiger partial charge in [-0.25, -0.2) is 4.79 Å². The van der Waals surface area contributed by atoms with Crippen LogP contribution in [0.15, 0.2) is 12.2 Å². The molecule has 0 aromatic carbocycles. The van der Waals surface area contributed by atoms with Crippen LogP contribution >= 0.6 is 0 Å². The smallest absolute Gasteiger partial charge is 0.432 e. The third-order valence-electron chi connectivity index (χ3n) is 2.50. The van der Waals surface area contributed by atoms with E-state index in [-0.39, 0.29) is 0 Å². The summed E-state index contributed by atoms with van der Waals surface area (Å²) >= 11 is 0. The lowest BCUT2D eigenvalue weighted by Gasteiger charge is -2.41. The molecule has 0 radical (unpaired) electrons. The molecule has 3 nitrogen and oxygen atoms in total. The van der Waals surface area contributed by atoms with Gasteiger partial charge in [0.05, 0.1) is 0 Å². The number of alkyl halides is 11. The lowest BCUT2D eigenvalue weighted by Crippen LogP contribution is -2.73. The minimum absolute atomic E-state index is 0.591. The highest BCUT2D eigenvalue weighted by molar-refractivity contribution is 5.87. The second-order valence-electron chi connectivity index (χ2n) is 4.44.